The van der Waals surface area contributed by atoms with Crippen molar-refractivity contribution in [3.8, 4) is 0 Å². The zero-order valence-electron chi connectivity index (χ0n) is 13.7. The Bertz CT molecular complexity index is 564. The molecule has 1 aromatic carbocycles. The Kier molecular flexibility index (Phi) is 4.73. The Balaban J connectivity index is 1.96. The standard InChI is InChI=1S/C18H26N2O/c1-14-16(10-11-21-14)13-20(5)17-8-6-15(7-9-17)12-19-18(2,3)4/h6-11,19H,12-13H2,1-5H3. The normalized spacial score (nSPS) is 11.7. The summed E-state index contributed by atoms with van der Waals surface area (Å²) in [6.45, 7) is 10.3. The monoisotopic (exact) mass is 286 g/mol. The van der Waals surface area contributed by atoms with Gasteiger partial charge in [-0.15, -0.1) is 0 Å². The first-order valence-electron chi connectivity index (χ1n) is 7.43. The topological polar surface area (TPSA) is 28.4 Å². The minimum atomic E-state index is 0.147. The van der Waals surface area contributed by atoms with Gasteiger partial charge in [0.15, 0.2) is 0 Å². The average Bonchev–Trinajstić information content (AvgIpc) is 2.82. The molecule has 0 fully saturated rings. The fourth-order valence-electron chi connectivity index (χ4n) is 2.16. The molecule has 2 aromatic rings. The fourth-order valence-corrected chi connectivity index (χ4v) is 2.16. The Morgan fingerprint density at radius 3 is 2.29 bits per heavy atom. The van der Waals surface area contributed by atoms with Gasteiger partial charge in [-0.05, 0) is 51.5 Å². The van der Waals surface area contributed by atoms with Crippen LogP contribution in [0.2, 0.25) is 0 Å². The van der Waals surface area contributed by atoms with E-state index in [1.807, 2.05) is 13.0 Å². The van der Waals surface area contributed by atoms with Crippen LogP contribution in [-0.4, -0.2) is 12.6 Å². The van der Waals surface area contributed by atoms with Gasteiger partial charge in [-0.3, -0.25) is 0 Å². The minimum Gasteiger partial charge on any atom is -0.469 e. The van der Waals surface area contributed by atoms with Gasteiger partial charge in [-0.1, -0.05) is 12.1 Å². The van der Waals surface area contributed by atoms with E-state index in [1.54, 1.807) is 6.26 Å². The van der Waals surface area contributed by atoms with E-state index in [-0.39, 0.29) is 5.54 Å². The predicted molar refractivity (Wildman–Crippen MR) is 88.6 cm³/mol. The summed E-state index contributed by atoms with van der Waals surface area (Å²) in [5, 5.41) is 3.50. The molecule has 1 N–H and O–H groups in total. The number of benzene rings is 1. The van der Waals surface area contributed by atoms with Crippen LogP contribution in [0.25, 0.3) is 0 Å². The van der Waals surface area contributed by atoms with Crippen LogP contribution in [0.5, 0.6) is 0 Å². The molecule has 0 aliphatic heterocycles. The lowest BCUT2D eigenvalue weighted by atomic mass is 10.1. The lowest BCUT2D eigenvalue weighted by Gasteiger charge is -2.22. The van der Waals surface area contributed by atoms with E-state index < -0.39 is 0 Å². The van der Waals surface area contributed by atoms with Crippen molar-refractivity contribution in [2.45, 2.75) is 46.3 Å². The van der Waals surface area contributed by atoms with Crippen LogP contribution in [0.4, 0.5) is 5.69 Å². The number of hydrogen-bond donors (Lipinski definition) is 1. The van der Waals surface area contributed by atoms with Crippen LogP contribution in [0.3, 0.4) is 0 Å². The summed E-state index contributed by atoms with van der Waals surface area (Å²) in [5.41, 5.74) is 3.90. The molecule has 0 bridgehead atoms. The molecular formula is C18H26N2O. The molecule has 1 aromatic heterocycles. The van der Waals surface area contributed by atoms with Crippen molar-refractivity contribution in [1.29, 1.82) is 0 Å². The second kappa shape index (κ2) is 6.35. The maximum Gasteiger partial charge on any atom is 0.105 e. The van der Waals surface area contributed by atoms with Gasteiger partial charge < -0.3 is 14.6 Å². The third kappa shape index (κ3) is 4.64. The van der Waals surface area contributed by atoms with Crippen molar-refractivity contribution in [3.63, 3.8) is 0 Å². The molecule has 2 rings (SSSR count). The third-order valence-corrected chi connectivity index (χ3v) is 3.57. The van der Waals surface area contributed by atoms with Crippen LogP contribution in [0.15, 0.2) is 41.0 Å². The average molecular weight is 286 g/mol. The highest BCUT2D eigenvalue weighted by Gasteiger charge is 2.09. The van der Waals surface area contributed by atoms with Crippen molar-refractivity contribution in [2.24, 2.45) is 0 Å². The second-order valence-electron chi connectivity index (χ2n) is 6.63. The first kappa shape index (κ1) is 15.6. The summed E-state index contributed by atoms with van der Waals surface area (Å²) in [5.74, 6) is 0.993. The minimum absolute atomic E-state index is 0.147. The van der Waals surface area contributed by atoms with Crippen LogP contribution < -0.4 is 10.2 Å². The van der Waals surface area contributed by atoms with E-state index >= 15 is 0 Å². The van der Waals surface area contributed by atoms with Crippen LogP contribution in [0.1, 0.15) is 37.7 Å². The Morgan fingerprint density at radius 1 is 1.10 bits per heavy atom. The number of anilines is 1. The molecule has 3 nitrogen and oxygen atoms in total. The highest BCUT2D eigenvalue weighted by Crippen LogP contribution is 2.19. The molecule has 0 saturated heterocycles. The SMILES string of the molecule is Cc1occc1CN(C)c1ccc(CNC(C)(C)C)cc1. The van der Waals surface area contributed by atoms with Gasteiger partial charge in [-0.25, -0.2) is 0 Å². The van der Waals surface area contributed by atoms with Gasteiger partial charge in [0.2, 0.25) is 0 Å². The maximum absolute atomic E-state index is 5.35. The molecule has 0 spiro atoms. The summed E-state index contributed by atoms with van der Waals surface area (Å²) in [6.07, 6.45) is 1.75. The van der Waals surface area contributed by atoms with E-state index in [9.17, 15) is 0 Å². The predicted octanol–water partition coefficient (Wildman–Crippen LogP) is 4.11. The van der Waals surface area contributed by atoms with Gasteiger partial charge in [0, 0.05) is 36.9 Å². The largest absolute Gasteiger partial charge is 0.469 e. The van der Waals surface area contributed by atoms with Crippen LogP contribution in [0, 0.1) is 6.92 Å². The van der Waals surface area contributed by atoms with Gasteiger partial charge in [-0.2, -0.15) is 0 Å². The first-order valence-corrected chi connectivity index (χ1v) is 7.43. The van der Waals surface area contributed by atoms with E-state index in [0.29, 0.717) is 0 Å². The van der Waals surface area contributed by atoms with E-state index in [0.717, 1.165) is 18.8 Å². The van der Waals surface area contributed by atoms with Gasteiger partial charge in [0.25, 0.3) is 0 Å². The molecule has 114 valence electrons. The molecule has 0 aliphatic rings. The lowest BCUT2D eigenvalue weighted by molar-refractivity contribution is 0.424. The number of aryl methyl sites for hydroxylation is 1. The lowest BCUT2D eigenvalue weighted by Crippen LogP contribution is -2.35. The zero-order valence-corrected chi connectivity index (χ0v) is 13.7. The molecule has 0 saturated carbocycles. The molecular weight excluding hydrogens is 260 g/mol. The van der Waals surface area contributed by atoms with E-state index in [2.05, 4.69) is 62.3 Å². The molecule has 0 unspecified atom stereocenters. The molecule has 3 heteroatoms. The van der Waals surface area contributed by atoms with Crippen LogP contribution >= 0.6 is 0 Å². The Labute approximate surface area is 128 Å². The van der Waals surface area contributed by atoms with Crippen molar-refractivity contribution in [3.05, 3.63) is 53.5 Å². The van der Waals surface area contributed by atoms with E-state index in [1.165, 1.54) is 16.8 Å². The Hall–Kier alpha value is -1.74. The first-order chi connectivity index (χ1) is 9.85. The third-order valence-electron chi connectivity index (χ3n) is 3.57. The number of hydrogen-bond acceptors (Lipinski definition) is 3. The van der Waals surface area contributed by atoms with Crippen molar-refractivity contribution in [1.82, 2.24) is 5.32 Å². The van der Waals surface area contributed by atoms with Gasteiger partial charge >= 0.3 is 0 Å². The van der Waals surface area contributed by atoms with Gasteiger partial charge in [0.05, 0.1) is 6.26 Å². The summed E-state index contributed by atoms with van der Waals surface area (Å²) in [7, 11) is 2.11. The number of rotatable bonds is 5. The van der Waals surface area contributed by atoms with Crippen molar-refractivity contribution < 1.29 is 4.42 Å². The molecule has 0 amide bonds. The maximum atomic E-state index is 5.35. The zero-order chi connectivity index (χ0) is 15.5. The molecule has 0 aliphatic carbocycles. The highest BCUT2D eigenvalue weighted by molar-refractivity contribution is 5.47. The second-order valence-corrected chi connectivity index (χ2v) is 6.63. The number of nitrogens with zero attached hydrogens (tertiary/aromatic N) is 1. The molecule has 21 heavy (non-hydrogen) atoms. The number of nitrogens with one attached hydrogen (secondary N) is 1. The summed E-state index contributed by atoms with van der Waals surface area (Å²) in [6, 6.07) is 10.8. The van der Waals surface area contributed by atoms with Crippen molar-refractivity contribution in [2.75, 3.05) is 11.9 Å². The molecule has 0 radical (unpaired) electrons. The fraction of sp³-hybridized carbons (Fsp3) is 0.444. The highest BCUT2D eigenvalue weighted by atomic mass is 16.3. The van der Waals surface area contributed by atoms with E-state index in [4.69, 9.17) is 4.42 Å². The van der Waals surface area contributed by atoms with Crippen molar-refractivity contribution >= 4 is 5.69 Å². The molecule has 1 heterocycles. The summed E-state index contributed by atoms with van der Waals surface area (Å²) in [4.78, 5) is 2.23. The summed E-state index contributed by atoms with van der Waals surface area (Å²) < 4.78 is 5.35. The van der Waals surface area contributed by atoms with Gasteiger partial charge in [0.1, 0.15) is 5.76 Å². The van der Waals surface area contributed by atoms with Crippen LogP contribution in [-0.2, 0) is 13.1 Å². The molecule has 0 atom stereocenters. The quantitative estimate of drug-likeness (QED) is 0.896. The summed E-state index contributed by atoms with van der Waals surface area (Å²) >= 11 is 0. The Morgan fingerprint density at radius 2 is 1.76 bits per heavy atom. The smallest absolute Gasteiger partial charge is 0.105 e. The number of furan rings is 1.